The molecule has 0 saturated carbocycles. The summed E-state index contributed by atoms with van der Waals surface area (Å²) in [7, 11) is 0. The first kappa shape index (κ1) is 11.8. The largest absolute Gasteiger partial charge is 0.490 e. The lowest BCUT2D eigenvalue weighted by atomic mass is 10.1. The normalized spacial score (nSPS) is 11.1. The average Bonchev–Trinajstić information content (AvgIpc) is 2.16. The summed E-state index contributed by atoms with van der Waals surface area (Å²) in [6.45, 7) is 7.44. The molecule has 0 fully saturated rings. The summed E-state index contributed by atoms with van der Waals surface area (Å²) in [6, 6.07) is 7.80. The van der Waals surface area contributed by atoms with Crippen molar-refractivity contribution in [1.29, 1.82) is 0 Å². The molecule has 0 spiro atoms. The Bertz CT molecular complexity index is 324. The standard InChI is InChI=1S/C13H18O2/c1-4-7-11-8-5-6-9-12(11)15-10-13(2,3)14/h4-6,8-9,14H,1,7,10H2,2-3H3. The van der Waals surface area contributed by atoms with E-state index in [4.69, 9.17) is 4.74 Å². The maximum Gasteiger partial charge on any atom is 0.122 e. The molecule has 0 bridgehead atoms. The predicted octanol–water partition coefficient (Wildman–Crippen LogP) is 2.56. The molecule has 15 heavy (non-hydrogen) atoms. The van der Waals surface area contributed by atoms with Gasteiger partial charge in [-0.2, -0.15) is 0 Å². The highest BCUT2D eigenvalue weighted by Gasteiger charge is 2.14. The van der Waals surface area contributed by atoms with Gasteiger partial charge in [-0.3, -0.25) is 0 Å². The van der Waals surface area contributed by atoms with E-state index in [1.807, 2.05) is 30.3 Å². The van der Waals surface area contributed by atoms with Crippen LogP contribution in [0.3, 0.4) is 0 Å². The van der Waals surface area contributed by atoms with Gasteiger partial charge in [-0.05, 0) is 31.9 Å². The number of benzene rings is 1. The zero-order valence-corrected chi connectivity index (χ0v) is 9.36. The van der Waals surface area contributed by atoms with E-state index in [1.54, 1.807) is 13.8 Å². The van der Waals surface area contributed by atoms with Gasteiger partial charge in [0.25, 0.3) is 0 Å². The zero-order chi connectivity index (χ0) is 11.3. The minimum atomic E-state index is -0.804. The lowest BCUT2D eigenvalue weighted by Gasteiger charge is -2.19. The van der Waals surface area contributed by atoms with E-state index in [-0.39, 0.29) is 0 Å². The third kappa shape index (κ3) is 4.17. The van der Waals surface area contributed by atoms with Crippen molar-refractivity contribution in [2.45, 2.75) is 25.9 Å². The first-order valence-corrected chi connectivity index (χ1v) is 5.07. The van der Waals surface area contributed by atoms with Crippen LogP contribution in [0.25, 0.3) is 0 Å². The molecule has 0 unspecified atom stereocenters. The molecular weight excluding hydrogens is 188 g/mol. The van der Waals surface area contributed by atoms with Crippen LogP contribution in [0.15, 0.2) is 36.9 Å². The molecule has 0 saturated heterocycles. The van der Waals surface area contributed by atoms with Gasteiger partial charge in [0.2, 0.25) is 0 Å². The fourth-order valence-corrected chi connectivity index (χ4v) is 1.22. The van der Waals surface area contributed by atoms with Crippen molar-refractivity contribution >= 4 is 0 Å². The summed E-state index contributed by atoms with van der Waals surface area (Å²) in [5.74, 6) is 0.819. The maximum absolute atomic E-state index is 9.55. The van der Waals surface area contributed by atoms with Crippen LogP contribution in [0.2, 0.25) is 0 Å². The topological polar surface area (TPSA) is 29.5 Å². The van der Waals surface area contributed by atoms with Gasteiger partial charge in [0.1, 0.15) is 12.4 Å². The van der Waals surface area contributed by atoms with E-state index < -0.39 is 5.60 Å². The maximum atomic E-state index is 9.55. The van der Waals surface area contributed by atoms with E-state index in [0.29, 0.717) is 6.61 Å². The Balaban J connectivity index is 2.71. The minimum absolute atomic E-state index is 0.293. The molecule has 0 aliphatic rings. The van der Waals surface area contributed by atoms with Crippen molar-refractivity contribution < 1.29 is 9.84 Å². The quantitative estimate of drug-likeness (QED) is 0.750. The fourth-order valence-electron chi connectivity index (χ4n) is 1.22. The van der Waals surface area contributed by atoms with Crippen LogP contribution in [-0.2, 0) is 6.42 Å². The van der Waals surface area contributed by atoms with Gasteiger partial charge in [0, 0.05) is 0 Å². The summed E-state index contributed by atoms with van der Waals surface area (Å²) in [4.78, 5) is 0. The van der Waals surface area contributed by atoms with Crippen LogP contribution >= 0.6 is 0 Å². The highest BCUT2D eigenvalue weighted by molar-refractivity contribution is 5.34. The summed E-state index contributed by atoms with van der Waals surface area (Å²) in [6.07, 6.45) is 2.62. The van der Waals surface area contributed by atoms with Gasteiger partial charge in [0.15, 0.2) is 0 Å². The second kappa shape index (κ2) is 4.99. The van der Waals surface area contributed by atoms with E-state index in [9.17, 15) is 5.11 Å². The lowest BCUT2D eigenvalue weighted by molar-refractivity contribution is 0.0282. The van der Waals surface area contributed by atoms with Gasteiger partial charge >= 0.3 is 0 Å². The number of ether oxygens (including phenoxy) is 1. The molecule has 0 heterocycles. The van der Waals surface area contributed by atoms with E-state index >= 15 is 0 Å². The Kier molecular flexibility index (Phi) is 3.92. The second-order valence-corrected chi connectivity index (χ2v) is 4.20. The Morgan fingerprint density at radius 1 is 1.40 bits per heavy atom. The molecule has 1 rings (SSSR count). The van der Waals surface area contributed by atoms with E-state index in [2.05, 4.69) is 6.58 Å². The molecule has 1 aromatic carbocycles. The van der Waals surface area contributed by atoms with Crippen LogP contribution in [0.1, 0.15) is 19.4 Å². The molecule has 0 aliphatic carbocycles. The molecule has 1 N–H and O–H groups in total. The Labute approximate surface area is 91.2 Å². The van der Waals surface area contributed by atoms with Crippen molar-refractivity contribution in [3.63, 3.8) is 0 Å². The number of hydrogen-bond donors (Lipinski definition) is 1. The Morgan fingerprint density at radius 2 is 2.07 bits per heavy atom. The fraction of sp³-hybridized carbons (Fsp3) is 0.385. The first-order valence-electron chi connectivity index (χ1n) is 5.07. The Hall–Kier alpha value is -1.28. The van der Waals surface area contributed by atoms with Crippen molar-refractivity contribution in [3.05, 3.63) is 42.5 Å². The highest BCUT2D eigenvalue weighted by atomic mass is 16.5. The Morgan fingerprint density at radius 3 is 2.67 bits per heavy atom. The monoisotopic (exact) mass is 206 g/mol. The number of allylic oxidation sites excluding steroid dienone is 1. The summed E-state index contributed by atoms with van der Waals surface area (Å²) in [5, 5.41) is 9.55. The van der Waals surface area contributed by atoms with Crippen LogP contribution in [0, 0.1) is 0 Å². The third-order valence-corrected chi connectivity index (χ3v) is 1.92. The minimum Gasteiger partial charge on any atom is -0.490 e. The molecule has 0 amide bonds. The summed E-state index contributed by atoms with van der Waals surface area (Å²) < 4.78 is 5.56. The molecular formula is C13H18O2. The summed E-state index contributed by atoms with van der Waals surface area (Å²) in [5.41, 5.74) is 0.290. The van der Waals surface area contributed by atoms with Crippen molar-refractivity contribution in [2.75, 3.05) is 6.61 Å². The zero-order valence-electron chi connectivity index (χ0n) is 9.36. The molecule has 0 aliphatic heterocycles. The van der Waals surface area contributed by atoms with Crippen molar-refractivity contribution in [3.8, 4) is 5.75 Å². The number of hydrogen-bond acceptors (Lipinski definition) is 2. The van der Waals surface area contributed by atoms with Gasteiger partial charge in [-0.25, -0.2) is 0 Å². The number of rotatable bonds is 5. The van der Waals surface area contributed by atoms with Crippen LogP contribution in [0.4, 0.5) is 0 Å². The van der Waals surface area contributed by atoms with Gasteiger partial charge in [0.05, 0.1) is 5.60 Å². The first-order chi connectivity index (χ1) is 7.03. The van der Waals surface area contributed by atoms with Gasteiger partial charge in [-0.1, -0.05) is 24.3 Å². The lowest BCUT2D eigenvalue weighted by Crippen LogP contribution is -2.28. The molecule has 82 valence electrons. The smallest absolute Gasteiger partial charge is 0.122 e. The molecule has 1 aromatic rings. The second-order valence-electron chi connectivity index (χ2n) is 4.20. The highest BCUT2D eigenvalue weighted by Crippen LogP contribution is 2.19. The molecule has 0 atom stereocenters. The molecule has 0 aromatic heterocycles. The predicted molar refractivity (Wildman–Crippen MR) is 62.1 cm³/mol. The van der Waals surface area contributed by atoms with Crippen LogP contribution < -0.4 is 4.74 Å². The SMILES string of the molecule is C=CCc1ccccc1OCC(C)(C)O. The van der Waals surface area contributed by atoms with Crippen molar-refractivity contribution in [2.24, 2.45) is 0 Å². The number of para-hydroxylation sites is 1. The van der Waals surface area contributed by atoms with E-state index in [1.165, 1.54) is 0 Å². The van der Waals surface area contributed by atoms with Crippen LogP contribution in [0.5, 0.6) is 5.75 Å². The van der Waals surface area contributed by atoms with Gasteiger partial charge < -0.3 is 9.84 Å². The third-order valence-electron chi connectivity index (χ3n) is 1.92. The molecule has 2 heteroatoms. The molecule has 0 radical (unpaired) electrons. The van der Waals surface area contributed by atoms with E-state index in [0.717, 1.165) is 17.7 Å². The summed E-state index contributed by atoms with van der Waals surface area (Å²) >= 11 is 0. The van der Waals surface area contributed by atoms with Gasteiger partial charge in [-0.15, -0.1) is 6.58 Å². The van der Waals surface area contributed by atoms with Crippen molar-refractivity contribution in [1.82, 2.24) is 0 Å². The average molecular weight is 206 g/mol. The van der Waals surface area contributed by atoms with Crippen LogP contribution in [-0.4, -0.2) is 17.3 Å². The number of aliphatic hydroxyl groups is 1. The molecule has 2 nitrogen and oxygen atoms in total.